The van der Waals surface area contributed by atoms with Crippen LogP contribution in [0.1, 0.15) is 40.1 Å². The number of halogens is 2. The number of ketones is 2. The Balaban J connectivity index is 2.89. The van der Waals surface area contributed by atoms with E-state index in [-0.39, 0.29) is 29.0 Å². The van der Waals surface area contributed by atoms with Gasteiger partial charge in [-0.2, -0.15) is 0 Å². The van der Waals surface area contributed by atoms with Crippen LogP contribution in [-0.2, 0) is 6.42 Å². The minimum Gasteiger partial charge on any atom is -0.507 e. The number of phenolic OH excluding ortho intramolecular Hbond substituents is 2. The Kier molecular flexibility index (Phi) is 4.16. The van der Waals surface area contributed by atoms with Crippen LogP contribution in [-0.4, -0.2) is 28.4 Å². The minimum atomic E-state index is -0.826. The average molecular weight is 331 g/mol. The van der Waals surface area contributed by atoms with E-state index in [1.807, 2.05) is 0 Å². The van der Waals surface area contributed by atoms with Gasteiger partial charge in [0, 0.05) is 5.56 Å². The maximum absolute atomic E-state index is 12.1. The van der Waals surface area contributed by atoms with E-state index in [1.54, 1.807) is 13.8 Å². The molecule has 0 spiro atoms. The van der Waals surface area contributed by atoms with Crippen molar-refractivity contribution >= 4 is 34.8 Å². The number of hydrogen-bond acceptors (Lipinski definition) is 5. The molecule has 112 valence electrons. The molecule has 0 saturated carbocycles. The number of carbonyl (C=O) groups excluding carboxylic acids is 2. The highest BCUT2D eigenvalue weighted by atomic mass is 35.5. The fraction of sp³-hybridized carbons (Fsp3) is 0.286. The van der Waals surface area contributed by atoms with Crippen molar-refractivity contribution in [3.63, 3.8) is 0 Å². The van der Waals surface area contributed by atoms with Gasteiger partial charge >= 0.3 is 0 Å². The van der Waals surface area contributed by atoms with Gasteiger partial charge in [-0.25, -0.2) is 0 Å². The number of Topliss-reactive ketones (excluding diaryl/α,β-unsaturated/α-hetero) is 2. The van der Waals surface area contributed by atoms with E-state index in [2.05, 4.69) is 0 Å². The molecule has 1 aromatic carbocycles. The van der Waals surface area contributed by atoms with Crippen molar-refractivity contribution in [2.24, 2.45) is 0 Å². The van der Waals surface area contributed by atoms with Crippen molar-refractivity contribution < 1.29 is 24.5 Å². The maximum atomic E-state index is 12.1. The first-order chi connectivity index (χ1) is 9.86. The normalized spacial score (nSPS) is 14.5. The number of phenols is 2. The van der Waals surface area contributed by atoms with Crippen LogP contribution in [0.15, 0.2) is 10.1 Å². The largest absolute Gasteiger partial charge is 0.507 e. The monoisotopic (exact) mass is 330 g/mol. The molecule has 1 aliphatic carbocycles. The molecule has 0 saturated heterocycles. The zero-order valence-corrected chi connectivity index (χ0v) is 12.8. The summed E-state index contributed by atoms with van der Waals surface area (Å²) in [6.45, 7) is 3.61. The van der Waals surface area contributed by atoms with Gasteiger partial charge in [-0.05, 0) is 13.3 Å². The van der Waals surface area contributed by atoms with E-state index >= 15 is 0 Å². The molecule has 0 aliphatic heterocycles. The van der Waals surface area contributed by atoms with Crippen LogP contribution >= 0.6 is 23.2 Å². The minimum absolute atomic E-state index is 0.0279. The summed E-state index contributed by atoms with van der Waals surface area (Å²) < 4.78 is 5.29. The Morgan fingerprint density at radius 2 is 1.43 bits per heavy atom. The van der Waals surface area contributed by atoms with Gasteiger partial charge in [-0.3, -0.25) is 9.59 Å². The van der Waals surface area contributed by atoms with Crippen LogP contribution in [0.4, 0.5) is 0 Å². The summed E-state index contributed by atoms with van der Waals surface area (Å²) in [7, 11) is 0. The van der Waals surface area contributed by atoms with E-state index in [0.29, 0.717) is 6.42 Å². The smallest absolute Gasteiger partial charge is 0.210 e. The lowest BCUT2D eigenvalue weighted by Gasteiger charge is -2.21. The van der Waals surface area contributed by atoms with Gasteiger partial charge in [0.1, 0.15) is 15.8 Å². The van der Waals surface area contributed by atoms with Gasteiger partial charge in [0.2, 0.25) is 11.6 Å². The Bertz CT molecular complexity index is 691. The molecule has 1 aromatic rings. The molecule has 7 heteroatoms. The average Bonchev–Trinajstić information content (AvgIpc) is 2.46. The Hall–Kier alpha value is -1.72. The second kappa shape index (κ2) is 5.58. The van der Waals surface area contributed by atoms with E-state index in [1.165, 1.54) is 0 Å². The summed E-state index contributed by atoms with van der Waals surface area (Å²) >= 11 is 11.4. The number of aromatic hydroxyl groups is 2. The number of ether oxygens (including phenoxy) is 1. The first kappa shape index (κ1) is 15.7. The van der Waals surface area contributed by atoms with Crippen LogP contribution in [0.5, 0.6) is 17.2 Å². The fourth-order valence-corrected chi connectivity index (χ4v) is 2.60. The molecule has 0 fully saturated rings. The molecule has 0 atom stereocenters. The summed E-state index contributed by atoms with van der Waals surface area (Å²) in [5.74, 6) is -2.59. The number of carbonyl (C=O) groups is 2. The first-order valence-electron chi connectivity index (χ1n) is 6.24. The Morgan fingerprint density at radius 1 is 0.952 bits per heavy atom. The predicted octanol–water partition coefficient (Wildman–Crippen LogP) is 3.13. The van der Waals surface area contributed by atoms with Gasteiger partial charge in [0.15, 0.2) is 11.5 Å². The third-order valence-corrected chi connectivity index (χ3v) is 4.00. The van der Waals surface area contributed by atoms with E-state index in [9.17, 15) is 19.8 Å². The summed E-state index contributed by atoms with van der Waals surface area (Å²) in [6.07, 6.45) is 0.290. The van der Waals surface area contributed by atoms with Crippen molar-refractivity contribution in [2.45, 2.75) is 20.3 Å². The maximum Gasteiger partial charge on any atom is 0.210 e. The van der Waals surface area contributed by atoms with Gasteiger partial charge in [-0.15, -0.1) is 0 Å². The lowest BCUT2D eigenvalue weighted by Crippen LogP contribution is -2.19. The van der Waals surface area contributed by atoms with Crippen molar-refractivity contribution in [1.82, 2.24) is 0 Å². The summed E-state index contributed by atoms with van der Waals surface area (Å²) in [4.78, 5) is 24.3. The van der Waals surface area contributed by atoms with Gasteiger partial charge in [-0.1, -0.05) is 30.1 Å². The third-order valence-electron chi connectivity index (χ3n) is 3.19. The van der Waals surface area contributed by atoms with Crippen LogP contribution in [0.25, 0.3) is 0 Å². The Labute approximate surface area is 130 Å². The second-order valence-electron chi connectivity index (χ2n) is 4.33. The molecular weight excluding hydrogens is 319 g/mol. The Morgan fingerprint density at radius 3 is 1.86 bits per heavy atom. The van der Waals surface area contributed by atoms with E-state index in [0.717, 1.165) is 0 Å². The van der Waals surface area contributed by atoms with Crippen molar-refractivity contribution in [2.75, 3.05) is 6.61 Å². The lowest BCUT2D eigenvalue weighted by molar-refractivity contribution is 0.0981. The molecule has 0 radical (unpaired) electrons. The number of benzene rings is 1. The third kappa shape index (κ3) is 2.17. The second-order valence-corrected chi connectivity index (χ2v) is 5.08. The summed E-state index contributed by atoms with van der Waals surface area (Å²) in [5.41, 5.74) is -0.489. The summed E-state index contributed by atoms with van der Waals surface area (Å²) in [5, 5.41) is 19.6. The highest BCUT2D eigenvalue weighted by molar-refractivity contribution is 6.59. The van der Waals surface area contributed by atoms with Gasteiger partial charge < -0.3 is 14.9 Å². The molecule has 0 unspecified atom stereocenters. The molecule has 1 aliphatic rings. The molecule has 2 rings (SSSR count). The topological polar surface area (TPSA) is 83.8 Å². The molecule has 0 bridgehead atoms. The van der Waals surface area contributed by atoms with Gasteiger partial charge in [0.25, 0.3) is 0 Å². The zero-order valence-electron chi connectivity index (χ0n) is 11.3. The number of allylic oxidation sites excluding steroid dienone is 2. The molecule has 0 heterocycles. The van der Waals surface area contributed by atoms with Gasteiger partial charge in [0.05, 0.1) is 17.7 Å². The first-order valence-corrected chi connectivity index (χ1v) is 7.00. The molecule has 21 heavy (non-hydrogen) atoms. The molecule has 5 nitrogen and oxygen atoms in total. The SMILES string of the molecule is CCOc1c(O)c2c(c(O)c1CC)C(=O)C(Cl)=C(Cl)C2=O. The standard InChI is InChI=1S/C14H12Cl2O5/c1-3-5-10(17)6-7(13(20)14(5)21-4-2)12(19)9(16)8(15)11(6)18/h17,20H,3-4H2,1-2H3. The molecular formula is C14H12Cl2O5. The fourth-order valence-electron chi connectivity index (χ4n) is 2.24. The molecule has 0 amide bonds. The van der Waals surface area contributed by atoms with Crippen molar-refractivity contribution in [1.29, 1.82) is 0 Å². The summed E-state index contributed by atoms with van der Waals surface area (Å²) in [6, 6.07) is 0. The van der Waals surface area contributed by atoms with Crippen LogP contribution in [0.3, 0.4) is 0 Å². The highest BCUT2D eigenvalue weighted by Crippen LogP contribution is 2.47. The highest BCUT2D eigenvalue weighted by Gasteiger charge is 2.38. The van der Waals surface area contributed by atoms with Crippen LogP contribution in [0.2, 0.25) is 0 Å². The van der Waals surface area contributed by atoms with E-state index < -0.39 is 33.1 Å². The lowest BCUT2D eigenvalue weighted by atomic mass is 9.89. The number of fused-ring (bicyclic) bond motifs is 1. The molecule has 2 N–H and O–H groups in total. The van der Waals surface area contributed by atoms with Crippen LogP contribution < -0.4 is 4.74 Å². The van der Waals surface area contributed by atoms with Crippen molar-refractivity contribution in [3.8, 4) is 17.2 Å². The predicted molar refractivity (Wildman–Crippen MR) is 77.7 cm³/mol. The zero-order chi connectivity index (χ0) is 15.9. The quantitative estimate of drug-likeness (QED) is 0.832. The molecule has 0 aromatic heterocycles. The number of rotatable bonds is 3. The van der Waals surface area contributed by atoms with Crippen LogP contribution in [0, 0.1) is 0 Å². The van der Waals surface area contributed by atoms with Crippen molar-refractivity contribution in [3.05, 3.63) is 26.8 Å². The number of hydrogen-bond donors (Lipinski definition) is 2. The van der Waals surface area contributed by atoms with E-state index in [4.69, 9.17) is 27.9 Å².